The molecule has 0 saturated heterocycles. The van der Waals surface area contributed by atoms with Gasteiger partial charge in [0, 0.05) is 12.1 Å². The van der Waals surface area contributed by atoms with E-state index in [1.54, 1.807) is 12.1 Å². The molecular formula is C14H16FN3S. The molecule has 1 aliphatic rings. The van der Waals surface area contributed by atoms with Crippen molar-refractivity contribution in [3.8, 4) is 5.69 Å². The lowest BCUT2D eigenvalue weighted by Gasteiger charge is -2.22. The highest BCUT2D eigenvalue weighted by molar-refractivity contribution is 7.80. The Balaban J connectivity index is 2.15. The van der Waals surface area contributed by atoms with Crippen LogP contribution in [0.5, 0.6) is 0 Å². The second-order valence-electron chi connectivity index (χ2n) is 4.66. The number of rotatable bonds is 2. The van der Waals surface area contributed by atoms with E-state index in [1.165, 1.54) is 17.7 Å². The summed E-state index contributed by atoms with van der Waals surface area (Å²) in [4.78, 5) is 0. The molecule has 0 spiro atoms. The van der Waals surface area contributed by atoms with Crippen LogP contribution in [-0.4, -0.2) is 16.3 Å². The first kappa shape index (κ1) is 12.7. The maximum absolute atomic E-state index is 13.0. The van der Waals surface area contributed by atoms with Gasteiger partial charge >= 0.3 is 0 Å². The molecular weight excluding hydrogens is 261 g/mol. The molecule has 1 unspecified atom stereocenters. The predicted molar refractivity (Wildman–Crippen MR) is 76.3 cm³/mol. The Morgan fingerprint density at radius 3 is 2.84 bits per heavy atom. The van der Waals surface area contributed by atoms with Gasteiger partial charge in [-0.2, -0.15) is 17.7 Å². The third kappa shape index (κ3) is 2.17. The number of nitrogens with one attached hydrogen (secondary N) is 1. The van der Waals surface area contributed by atoms with Gasteiger partial charge in [0.2, 0.25) is 0 Å². The summed E-state index contributed by atoms with van der Waals surface area (Å²) >= 11 is 4.59. The van der Waals surface area contributed by atoms with Crippen LogP contribution in [0.1, 0.15) is 29.2 Å². The number of aryl methyl sites for hydroxylation is 1. The standard InChI is InChI=1S/C14H16FN3S/c1-2-12-11-7-8-16-14(19)13(11)18(17-12)10-5-3-9(15)4-6-10/h3-6,14,16,19H,2,7-8H2,1H3. The molecule has 100 valence electrons. The largest absolute Gasteiger partial charge is 0.300 e. The van der Waals surface area contributed by atoms with Crippen LogP contribution in [0.25, 0.3) is 5.69 Å². The number of hydrogen-bond acceptors (Lipinski definition) is 3. The molecule has 5 heteroatoms. The van der Waals surface area contributed by atoms with Gasteiger partial charge in [0.1, 0.15) is 5.82 Å². The van der Waals surface area contributed by atoms with Gasteiger partial charge in [0.05, 0.1) is 22.4 Å². The van der Waals surface area contributed by atoms with Crippen LogP contribution in [0.2, 0.25) is 0 Å². The van der Waals surface area contributed by atoms with Gasteiger partial charge in [0.25, 0.3) is 0 Å². The maximum atomic E-state index is 13.0. The fourth-order valence-electron chi connectivity index (χ4n) is 2.56. The van der Waals surface area contributed by atoms with Gasteiger partial charge in [-0.3, -0.25) is 0 Å². The molecule has 1 aromatic heterocycles. The van der Waals surface area contributed by atoms with E-state index in [9.17, 15) is 4.39 Å². The Bertz CT molecular complexity index is 591. The van der Waals surface area contributed by atoms with Crippen LogP contribution in [0.4, 0.5) is 4.39 Å². The molecule has 0 saturated carbocycles. The first-order valence-electron chi connectivity index (χ1n) is 6.48. The normalized spacial score (nSPS) is 18.4. The summed E-state index contributed by atoms with van der Waals surface area (Å²) in [5.74, 6) is -0.235. The van der Waals surface area contributed by atoms with E-state index in [4.69, 9.17) is 0 Å². The highest BCUT2D eigenvalue weighted by atomic mass is 32.1. The van der Waals surface area contributed by atoms with E-state index in [2.05, 4.69) is 30.0 Å². The van der Waals surface area contributed by atoms with Crippen molar-refractivity contribution in [3.05, 3.63) is 47.0 Å². The van der Waals surface area contributed by atoms with E-state index in [1.807, 2.05) is 4.68 Å². The summed E-state index contributed by atoms with van der Waals surface area (Å²) in [7, 11) is 0. The highest BCUT2D eigenvalue weighted by Crippen LogP contribution is 2.30. The molecule has 0 aliphatic carbocycles. The van der Waals surface area contributed by atoms with Crippen LogP contribution in [0.15, 0.2) is 24.3 Å². The first-order chi connectivity index (χ1) is 9.20. The van der Waals surface area contributed by atoms with Gasteiger partial charge < -0.3 is 5.32 Å². The lowest BCUT2D eigenvalue weighted by molar-refractivity contribution is 0.602. The minimum absolute atomic E-state index is 0.0263. The molecule has 1 atom stereocenters. The third-order valence-electron chi connectivity index (χ3n) is 3.48. The van der Waals surface area contributed by atoms with E-state index in [0.717, 1.165) is 36.5 Å². The van der Waals surface area contributed by atoms with Crippen molar-refractivity contribution in [2.75, 3.05) is 6.54 Å². The number of fused-ring (bicyclic) bond motifs is 1. The van der Waals surface area contributed by atoms with Crippen molar-refractivity contribution in [1.29, 1.82) is 0 Å². The number of thiol groups is 1. The van der Waals surface area contributed by atoms with Gasteiger partial charge in [-0.25, -0.2) is 9.07 Å². The third-order valence-corrected chi connectivity index (χ3v) is 3.91. The lowest BCUT2D eigenvalue weighted by atomic mass is 10.0. The molecule has 0 fully saturated rings. The van der Waals surface area contributed by atoms with Crippen molar-refractivity contribution in [2.45, 2.75) is 25.1 Å². The zero-order valence-electron chi connectivity index (χ0n) is 10.7. The fourth-order valence-corrected chi connectivity index (χ4v) is 2.95. The molecule has 3 nitrogen and oxygen atoms in total. The summed E-state index contributed by atoms with van der Waals surface area (Å²) < 4.78 is 14.9. The predicted octanol–water partition coefficient (Wildman–Crippen LogP) is 2.65. The summed E-state index contributed by atoms with van der Waals surface area (Å²) in [5, 5.41) is 7.97. The van der Waals surface area contributed by atoms with Crippen LogP contribution in [0, 0.1) is 5.82 Å². The summed E-state index contributed by atoms with van der Waals surface area (Å²) in [6.07, 6.45) is 1.87. The van der Waals surface area contributed by atoms with E-state index >= 15 is 0 Å². The number of nitrogens with zero attached hydrogens (tertiary/aromatic N) is 2. The van der Waals surface area contributed by atoms with Crippen molar-refractivity contribution in [2.24, 2.45) is 0 Å². The second-order valence-corrected chi connectivity index (χ2v) is 5.18. The molecule has 0 amide bonds. The summed E-state index contributed by atoms with van der Waals surface area (Å²) in [5.41, 5.74) is 4.35. The Kier molecular flexibility index (Phi) is 3.33. The Labute approximate surface area is 117 Å². The molecule has 3 rings (SSSR count). The number of hydrogen-bond donors (Lipinski definition) is 2. The molecule has 0 bridgehead atoms. The first-order valence-corrected chi connectivity index (χ1v) is 7.00. The molecule has 1 aliphatic heterocycles. The van der Waals surface area contributed by atoms with Gasteiger partial charge in [-0.1, -0.05) is 6.92 Å². The highest BCUT2D eigenvalue weighted by Gasteiger charge is 2.25. The zero-order chi connectivity index (χ0) is 13.4. The van der Waals surface area contributed by atoms with Gasteiger partial charge in [-0.05, 0) is 37.1 Å². The molecule has 1 N–H and O–H groups in total. The Morgan fingerprint density at radius 1 is 1.42 bits per heavy atom. The van der Waals surface area contributed by atoms with Crippen molar-refractivity contribution in [1.82, 2.24) is 15.1 Å². The molecule has 2 aromatic rings. The minimum Gasteiger partial charge on any atom is -0.300 e. The number of benzene rings is 1. The van der Waals surface area contributed by atoms with Crippen LogP contribution in [0.3, 0.4) is 0 Å². The quantitative estimate of drug-likeness (QED) is 0.827. The second kappa shape index (κ2) is 4.98. The average molecular weight is 277 g/mol. The van der Waals surface area contributed by atoms with Crippen molar-refractivity contribution < 1.29 is 4.39 Å². The van der Waals surface area contributed by atoms with Crippen molar-refractivity contribution >= 4 is 12.6 Å². The number of halogens is 1. The molecule has 19 heavy (non-hydrogen) atoms. The Hall–Kier alpha value is -1.33. The van der Waals surface area contributed by atoms with E-state index in [0.29, 0.717) is 0 Å². The van der Waals surface area contributed by atoms with Gasteiger partial charge in [-0.15, -0.1) is 0 Å². The van der Waals surface area contributed by atoms with Crippen molar-refractivity contribution in [3.63, 3.8) is 0 Å². The molecule has 1 aromatic carbocycles. The van der Waals surface area contributed by atoms with Crippen LogP contribution >= 0.6 is 12.6 Å². The monoisotopic (exact) mass is 277 g/mol. The van der Waals surface area contributed by atoms with Crippen LogP contribution < -0.4 is 5.32 Å². The van der Waals surface area contributed by atoms with E-state index < -0.39 is 0 Å². The maximum Gasteiger partial charge on any atom is 0.123 e. The van der Waals surface area contributed by atoms with Gasteiger partial charge in [0.15, 0.2) is 0 Å². The minimum atomic E-state index is -0.235. The Morgan fingerprint density at radius 2 is 2.16 bits per heavy atom. The molecule has 0 radical (unpaired) electrons. The summed E-state index contributed by atoms with van der Waals surface area (Å²) in [6.45, 7) is 3.02. The number of aromatic nitrogens is 2. The fraction of sp³-hybridized carbons (Fsp3) is 0.357. The summed E-state index contributed by atoms with van der Waals surface area (Å²) in [6, 6.07) is 6.41. The topological polar surface area (TPSA) is 29.9 Å². The smallest absolute Gasteiger partial charge is 0.123 e. The van der Waals surface area contributed by atoms with Crippen LogP contribution in [-0.2, 0) is 12.8 Å². The SMILES string of the molecule is CCc1nn(-c2ccc(F)cc2)c2c1CCNC2S. The lowest BCUT2D eigenvalue weighted by Crippen LogP contribution is -2.28. The average Bonchev–Trinajstić information content (AvgIpc) is 2.80. The zero-order valence-corrected chi connectivity index (χ0v) is 11.6. The molecule has 2 heterocycles. The van der Waals surface area contributed by atoms with E-state index in [-0.39, 0.29) is 11.2 Å².